The lowest BCUT2D eigenvalue weighted by Crippen LogP contribution is -2.34. The van der Waals surface area contributed by atoms with E-state index in [1.54, 1.807) is 13.8 Å². The summed E-state index contributed by atoms with van der Waals surface area (Å²) >= 11 is 0. The Kier molecular flexibility index (Phi) is 3.39. The van der Waals surface area contributed by atoms with Gasteiger partial charge in [0, 0.05) is 19.2 Å². The van der Waals surface area contributed by atoms with E-state index in [0.29, 0.717) is 0 Å². The number of rotatable bonds is 2. The first-order chi connectivity index (χ1) is 9.40. The highest BCUT2D eigenvalue weighted by atomic mass is 32.2. The molecule has 0 unspecified atom stereocenters. The van der Waals surface area contributed by atoms with Gasteiger partial charge in [0.25, 0.3) is 9.84 Å². The number of alkyl halides is 2. The second-order valence-corrected chi connectivity index (χ2v) is 7.69. The first-order valence-electron chi connectivity index (χ1n) is 6.28. The highest BCUT2D eigenvalue weighted by Gasteiger charge is 2.55. The molecular weight excluding hydrogens is 304 g/mol. The van der Waals surface area contributed by atoms with E-state index in [2.05, 4.69) is 10.3 Å². The van der Waals surface area contributed by atoms with Crippen LogP contribution in [0, 0.1) is 13.8 Å². The van der Waals surface area contributed by atoms with E-state index in [1.807, 2.05) is 0 Å². The summed E-state index contributed by atoms with van der Waals surface area (Å²) in [6.45, 7) is 5.91. The molecule has 0 fully saturated rings. The Morgan fingerprint density at radius 1 is 1.33 bits per heavy atom. The summed E-state index contributed by atoms with van der Waals surface area (Å²) < 4.78 is 54.9. The summed E-state index contributed by atoms with van der Waals surface area (Å²) in [6.07, 6.45) is -0.191. The van der Waals surface area contributed by atoms with Crippen molar-refractivity contribution in [3.63, 3.8) is 0 Å². The van der Waals surface area contributed by atoms with E-state index in [4.69, 9.17) is 4.84 Å². The highest BCUT2D eigenvalue weighted by Crippen LogP contribution is 2.41. The topological polar surface area (TPSA) is 73.5 Å². The van der Waals surface area contributed by atoms with E-state index in [1.165, 1.54) is 25.6 Å². The maximum atomic E-state index is 14.6. The monoisotopic (exact) mass is 321 g/mol. The molecule has 0 aliphatic carbocycles. The molecule has 6 nitrogen and oxygen atoms in total. The third-order valence-electron chi connectivity index (χ3n) is 3.42. The van der Waals surface area contributed by atoms with Gasteiger partial charge in [0.05, 0.1) is 11.3 Å². The molecule has 0 aromatic carbocycles. The van der Waals surface area contributed by atoms with Crippen molar-refractivity contribution >= 4 is 14.9 Å². The van der Waals surface area contributed by atoms with Gasteiger partial charge in [-0.05, 0) is 27.7 Å². The quantitative estimate of drug-likeness (QED) is 0.835. The minimum atomic E-state index is -4.96. The average Bonchev–Trinajstić information content (AvgIpc) is 2.80. The van der Waals surface area contributed by atoms with Crippen LogP contribution in [0.2, 0.25) is 0 Å². The van der Waals surface area contributed by atoms with Gasteiger partial charge in [-0.25, -0.2) is 8.42 Å². The van der Waals surface area contributed by atoms with Gasteiger partial charge in [-0.2, -0.15) is 13.9 Å². The second kappa shape index (κ2) is 4.49. The SMILES string of the molecule is Cc1nn(C)c(C)c1C(F)(F)S(=O)(=O)C1=NOC(C)(C)C1. The number of sulfone groups is 1. The Labute approximate surface area is 121 Å². The van der Waals surface area contributed by atoms with Crippen LogP contribution in [0.1, 0.15) is 37.2 Å². The summed E-state index contributed by atoms with van der Waals surface area (Å²) in [5.74, 6) is 0. The molecule has 0 amide bonds. The molecule has 1 aliphatic heterocycles. The van der Waals surface area contributed by atoms with Crippen LogP contribution in [0.3, 0.4) is 0 Å². The van der Waals surface area contributed by atoms with Crippen molar-refractivity contribution < 1.29 is 22.0 Å². The number of hydrogen-bond acceptors (Lipinski definition) is 5. The zero-order valence-electron chi connectivity index (χ0n) is 12.4. The third kappa shape index (κ3) is 2.33. The van der Waals surface area contributed by atoms with Crippen molar-refractivity contribution in [1.29, 1.82) is 0 Å². The predicted molar refractivity (Wildman–Crippen MR) is 72.7 cm³/mol. The zero-order valence-corrected chi connectivity index (χ0v) is 13.3. The molecule has 118 valence electrons. The van der Waals surface area contributed by atoms with Crippen LogP contribution >= 0.6 is 0 Å². The van der Waals surface area contributed by atoms with Gasteiger partial charge in [-0.1, -0.05) is 5.16 Å². The van der Waals surface area contributed by atoms with Crippen LogP contribution in [0.5, 0.6) is 0 Å². The van der Waals surface area contributed by atoms with Gasteiger partial charge in [-0.3, -0.25) is 4.68 Å². The molecular formula is C12H17F2N3O3S. The largest absolute Gasteiger partial charge is 0.389 e. The summed E-state index contributed by atoms with van der Waals surface area (Å²) in [5.41, 5.74) is -1.43. The fourth-order valence-corrected chi connectivity index (χ4v) is 3.76. The number of oxime groups is 1. The Balaban J connectivity index is 2.53. The first-order valence-corrected chi connectivity index (χ1v) is 7.76. The fraction of sp³-hybridized carbons (Fsp3) is 0.667. The molecule has 1 aromatic heterocycles. The molecule has 0 atom stereocenters. The number of aryl methyl sites for hydroxylation is 2. The molecule has 21 heavy (non-hydrogen) atoms. The van der Waals surface area contributed by atoms with E-state index >= 15 is 0 Å². The second-order valence-electron chi connectivity index (χ2n) is 5.70. The van der Waals surface area contributed by atoms with Gasteiger partial charge in [-0.15, -0.1) is 0 Å². The van der Waals surface area contributed by atoms with Gasteiger partial charge in [0.1, 0.15) is 5.60 Å². The van der Waals surface area contributed by atoms with Crippen LogP contribution in [0.15, 0.2) is 5.16 Å². The molecule has 0 N–H and O–H groups in total. The van der Waals surface area contributed by atoms with Crippen molar-refractivity contribution in [2.24, 2.45) is 12.2 Å². The molecule has 0 saturated carbocycles. The third-order valence-corrected chi connectivity index (χ3v) is 5.14. The molecule has 0 saturated heterocycles. The number of nitrogens with zero attached hydrogens (tertiary/aromatic N) is 3. The molecule has 0 radical (unpaired) electrons. The molecule has 2 rings (SSSR count). The zero-order chi connectivity index (χ0) is 16.2. The molecule has 0 bridgehead atoms. The van der Waals surface area contributed by atoms with Crippen molar-refractivity contribution in [2.75, 3.05) is 0 Å². The number of halogens is 2. The van der Waals surface area contributed by atoms with E-state index < -0.39 is 31.3 Å². The van der Waals surface area contributed by atoms with Gasteiger partial charge in [0.2, 0.25) is 0 Å². The minimum absolute atomic E-state index is 0.0256. The standard InChI is InChI=1S/C12H17F2N3O3S/c1-7-10(8(2)17(5)15-7)12(13,14)21(18,19)9-6-11(3,4)20-16-9/h6H2,1-5H3. The fourth-order valence-electron chi connectivity index (χ4n) is 2.22. The Bertz CT molecular complexity index is 720. The van der Waals surface area contributed by atoms with Gasteiger partial charge in [0.15, 0.2) is 5.04 Å². The number of aromatic nitrogens is 2. The highest BCUT2D eigenvalue weighted by molar-refractivity contribution is 8.06. The lowest BCUT2D eigenvalue weighted by atomic mass is 10.1. The van der Waals surface area contributed by atoms with Crippen molar-refractivity contribution in [2.45, 2.75) is 45.0 Å². The predicted octanol–water partition coefficient (Wildman–Crippen LogP) is 2.01. The summed E-state index contributed by atoms with van der Waals surface area (Å²) in [4.78, 5) is 4.89. The van der Waals surface area contributed by atoms with Crippen LogP contribution < -0.4 is 0 Å². The minimum Gasteiger partial charge on any atom is -0.389 e. The molecule has 2 heterocycles. The molecule has 9 heteroatoms. The maximum absolute atomic E-state index is 14.6. The summed E-state index contributed by atoms with van der Waals surface area (Å²) in [6, 6.07) is 0. The van der Waals surface area contributed by atoms with Crippen molar-refractivity contribution in [3.05, 3.63) is 17.0 Å². The normalized spacial score (nSPS) is 18.5. The van der Waals surface area contributed by atoms with Crippen LogP contribution in [0.4, 0.5) is 8.78 Å². The van der Waals surface area contributed by atoms with E-state index in [0.717, 1.165) is 0 Å². The lowest BCUT2D eigenvalue weighted by molar-refractivity contribution is 0.0123. The van der Waals surface area contributed by atoms with E-state index in [-0.39, 0.29) is 17.8 Å². The smallest absolute Gasteiger partial charge is 0.380 e. The van der Waals surface area contributed by atoms with Crippen LogP contribution in [-0.4, -0.2) is 28.8 Å². The Hall–Kier alpha value is -1.51. The molecule has 1 aliphatic rings. The first kappa shape index (κ1) is 15.9. The molecule has 0 spiro atoms. The van der Waals surface area contributed by atoms with Crippen LogP contribution in [0.25, 0.3) is 0 Å². The molecule has 1 aromatic rings. The van der Waals surface area contributed by atoms with E-state index in [9.17, 15) is 17.2 Å². The van der Waals surface area contributed by atoms with Crippen molar-refractivity contribution in [1.82, 2.24) is 9.78 Å². The van der Waals surface area contributed by atoms with Gasteiger partial charge >= 0.3 is 5.25 Å². The summed E-state index contributed by atoms with van der Waals surface area (Å²) in [5, 5.41) is 2.45. The van der Waals surface area contributed by atoms with Crippen molar-refractivity contribution in [3.8, 4) is 0 Å². The lowest BCUT2D eigenvalue weighted by Gasteiger charge is -2.18. The Morgan fingerprint density at radius 2 is 1.90 bits per heavy atom. The number of hydrogen-bond donors (Lipinski definition) is 0. The summed E-state index contributed by atoms with van der Waals surface area (Å²) in [7, 11) is -3.48. The maximum Gasteiger partial charge on any atom is 0.380 e. The Morgan fingerprint density at radius 3 is 2.29 bits per heavy atom. The van der Waals surface area contributed by atoms with Gasteiger partial charge < -0.3 is 4.84 Å². The average molecular weight is 321 g/mol. The van der Waals surface area contributed by atoms with Crippen LogP contribution in [-0.2, 0) is 27.0 Å².